The maximum atomic E-state index is 12.4. The van der Waals surface area contributed by atoms with Crippen LogP contribution in [0.15, 0.2) is 17.0 Å². The Morgan fingerprint density at radius 2 is 1.84 bits per heavy atom. The molecule has 0 aliphatic carbocycles. The van der Waals surface area contributed by atoms with Crippen LogP contribution in [0, 0.1) is 0 Å². The minimum absolute atomic E-state index is 0.0459. The van der Waals surface area contributed by atoms with E-state index >= 15 is 0 Å². The number of rotatable bonds is 4. The molecule has 1 saturated heterocycles. The lowest BCUT2D eigenvalue weighted by Gasteiger charge is -2.17. The number of benzene rings is 1. The van der Waals surface area contributed by atoms with Gasteiger partial charge in [0.05, 0.1) is 16.7 Å². The molecule has 0 spiro atoms. The van der Waals surface area contributed by atoms with Crippen LogP contribution in [0.5, 0.6) is 5.75 Å². The minimum Gasteiger partial charge on any atom is -0.492 e. The van der Waals surface area contributed by atoms with Gasteiger partial charge < -0.3 is 4.74 Å². The van der Waals surface area contributed by atoms with E-state index in [0.717, 1.165) is 12.8 Å². The van der Waals surface area contributed by atoms with E-state index in [1.807, 2.05) is 6.92 Å². The first-order valence-electron chi connectivity index (χ1n) is 6.09. The number of hydrogen-bond acceptors (Lipinski definition) is 3. The largest absolute Gasteiger partial charge is 0.492 e. The topological polar surface area (TPSA) is 46.6 Å². The maximum Gasteiger partial charge on any atom is 0.244 e. The molecule has 1 fully saturated rings. The normalized spacial score (nSPS) is 16.8. The van der Waals surface area contributed by atoms with Gasteiger partial charge in [0.1, 0.15) is 10.6 Å². The van der Waals surface area contributed by atoms with Crippen LogP contribution >= 0.6 is 23.2 Å². The van der Waals surface area contributed by atoms with Gasteiger partial charge in [-0.25, -0.2) is 8.42 Å². The standard InChI is InChI=1S/C12H15Cl2NO3S/c1-2-18-11-7-10(14)12(8-9(11)13)19(16,17)15-5-3-4-6-15/h7-8H,2-6H2,1H3. The minimum atomic E-state index is -3.56. The van der Waals surface area contributed by atoms with E-state index in [4.69, 9.17) is 27.9 Å². The van der Waals surface area contributed by atoms with Crippen LogP contribution in [0.4, 0.5) is 0 Å². The summed E-state index contributed by atoms with van der Waals surface area (Å²) in [5, 5.41) is 0.392. The molecular formula is C12H15Cl2NO3S. The van der Waals surface area contributed by atoms with E-state index in [0.29, 0.717) is 25.4 Å². The fraction of sp³-hybridized carbons (Fsp3) is 0.500. The second-order valence-electron chi connectivity index (χ2n) is 4.26. The smallest absolute Gasteiger partial charge is 0.244 e. The number of nitrogens with zero attached hydrogens (tertiary/aromatic N) is 1. The van der Waals surface area contributed by atoms with Crippen LogP contribution < -0.4 is 4.74 Å². The highest BCUT2D eigenvalue weighted by molar-refractivity contribution is 7.89. The molecule has 1 aromatic carbocycles. The highest BCUT2D eigenvalue weighted by Crippen LogP contribution is 2.35. The number of hydrogen-bond donors (Lipinski definition) is 0. The number of ether oxygens (including phenoxy) is 1. The van der Waals surface area contributed by atoms with Crippen molar-refractivity contribution in [3.8, 4) is 5.75 Å². The molecule has 1 aliphatic heterocycles. The molecule has 0 radical (unpaired) electrons. The van der Waals surface area contributed by atoms with Gasteiger partial charge in [0.2, 0.25) is 10.0 Å². The predicted molar refractivity (Wildman–Crippen MR) is 75.6 cm³/mol. The van der Waals surface area contributed by atoms with Crippen molar-refractivity contribution in [3.05, 3.63) is 22.2 Å². The van der Waals surface area contributed by atoms with E-state index in [-0.39, 0.29) is 14.9 Å². The monoisotopic (exact) mass is 323 g/mol. The third kappa shape index (κ3) is 2.99. The first-order chi connectivity index (χ1) is 8.96. The van der Waals surface area contributed by atoms with Crippen molar-refractivity contribution >= 4 is 33.2 Å². The van der Waals surface area contributed by atoms with Gasteiger partial charge >= 0.3 is 0 Å². The van der Waals surface area contributed by atoms with Crippen molar-refractivity contribution in [1.29, 1.82) is 0 Å². The summed E-state index contributed by atoms with van der Waals surface area (Å²) in [6, 6.07) is 2.82. The van der Waals surface area contributed by atoms with Gasteiger partial charge in [-0.3, -0.25) is 0 Å². The average Bonchev–Trinajstić information content (AvgIpc) is 2.88. The van der Waals surface area contributed by atoms with Gasteiger partial charge in [-0.1, -0.05) is 23.2 Å². The van der Waals surface area contributed by atoms with E-state index in [2.05, 4.69) is 0 Å². The molecular weight excluding hydrogens is 309 g/mol. The second kappa shape index (κ2) is 5.87. The Bertz CT molecular complexity index is 569. The molecule has 4 nitrogen and oxygen atoms in total. The molecule has 0 unspecified atom stereocenters. The summed E-state index contributed by atoms with van der Waals surface area (Å²) >= 11 is 12.1. The van der Waals surface area contributed by atoms with E-state index < -0.39 is 10.0 Å². The summed E-state index contributed by atoms with van der Waals surface area (Å²) in [5.74, 6) is 0.398. The van der Waals surface area contributed by atoms with E-state index in [1.165, 1.54) is 16.4 Å². The van der Waals surface area contributed by atoms with Crippen molar-refractivity contribution in [2.45, 2.75) is 24.7 Å². The fourth-order valence-electron chi connectivity index (χ4n) is 2.04. The van der Waals surface area contributed by atoms with E-state index in [1.54, 1.807) is 0 Å². The van der Waals surface area contributed by atoms with Crippen molar-refractivity contribution in [3.63, 3.8) is 0 Å². The molecule has 0 amide bonds. The molecule has 7 heteroatoms. The van der Waals surface area contributed by atoms with Crippen molar-refractivity contribution in [1.82, 2.24) is 4.31 Å². The summed E-state index contributed by atoms with van der Waals surface area (Å²) in [4.78, 5) is 0.0459. The Morgan fingerprint density at radius 1 is 1.21 bits per heavy atom. The lowest BCUT2D eigenvalue weighted by Crippen LogP contribution is -2.28. The molecule has 1 aliphatic rings. The zero-order valence-corrected chi connectivity index (χ0v) is 12.9. The first-order valence-corrected chi connectivity index (χ1v) is 8.28. The van der Waals surface area contributed by atoms with Gasteiger partial charge in [-0.2, -0.15) is 4.31 Å². The van der Waals surface area contributed by atoms with Gasteiger partial charge in [-0.15, -0.1) is 0 Å². The Morgan fingerprint density at radius 3 is 2.42 bits per heavy atom. The molecule has 0 bridgehead atoms. The van der Waals surface area contributed by atoms with Crippen molar-refractivity contribution in [2.24, 2.45) is 0 Å². The quantitative estimate of drug-likeness (QED) is 0.854. The van der Waals surface area contributed by atoms with Crippen LogP contribution in [-0.4, -0.2) is 32.4 Å². The third-order valence-electron chi connectivity index (χ3n) is 2.97. The second-order valence-corrected chi connectivity index (χ2v) is 6.98. The maximum absolute atomic E-state index is 12.4. The molecule has 1 heterocycles. The van der Waals surface area contributed by atoms with Crippen LogP contribution in [0.25, 0.3) is 0 Å². The number of sulfonamides is 1. The highest BCUT2D eigenvalue weighted by atomic mass is 35.5. The van der Waals surface area contributed by atoms with Gasteiger partial charge in [0, 0.05) is 19.2 Å². The molecule has 0 aromatic heterocycles. The summed E-state index contributed by atoms with van der Waals surface area (Å²) in [7, 11) is -3.56. The average molecular weight is 324 g/mol. The lowest BCUT2D eigenvalue weighted by atomic mass is 10.3. The van der Waals surface area contributed by atoms with Crippen molar-refractivity contribution in [2.75, 3.05) is 19.7 Å². The molecule has 0 N–H and O–H groups in total. The van der Waals surface area contributed by atoms with Crippen LogP contribution in [-0.2, 0) is 10.0 Å². The Hall–Kier alpha value is -0.490. The van der Waals surface area contributed by atoms with Gasteiger partial charge in [0.15, 0.2) is 0 Å². The zero-order chi connectivity index (χ0) is 14.0. The number of halogens is 2. The van der Waals surface area contributed by atoms with Crippen LogP contribution in [0.1, 0.15) is 19.8 Å². The molecule has 1 aromatic rings. The van der Waals surface area contributed by atoms with Crippen LogP contribution in [0.2, 0.25) is 10.0 Å². The molecule has 0 atom stereocenters. The SMILES string of the molecule is CCOc1cc(Cl)c(S(=O)(=O)N2CCCC2)cc1Cl. The van der Waals surface area contributed by atoms with Gasteiger partial charge in [-0.05, 0) is 25.8 Å². The summed E-state index contributed by atoms with van der Waals surface area (Å²) in [6.07, 6.45) is 1.75. The van der Waals surface area contributed by atoms with Gasteiger partial charge in [0.25, 0.3) is 0 Å². The first kappa shape index (κ1) is 14.9. The Balaban J connectivity index is 2.42. The summed E-state index contributed by atoms with van der Waals surface area (Å²) < 4.78 is 31.6. The Labute approximate surface area is 123 Å². The molecule has 0 saturated carbocycles. The molecule has 106 valence electrons. The summed E-state index contributed by atoms with van der Waals surface area (Å²) in [5.41, 5.74) is 0. The Kier molecular flexibility index (Phi) is 4.61. The van der Waals surface area contributed by atoms with E-state index in [9.17, 15) is 8.42 Å². The predicted octanol–water partition coefficient (Wildman–Crippen LogP) is 3.18. The highest BCUT2D eigenvalue weighted by Gasteiger charge is 2.29. The third-order valence-corrected chi connectivity index (χ3v) is 5.63. The van der Waals surface area contributed by atoms with Crippen LogP contribution in [0.3, 0.4) is 0 Å². The zero-order valence-electron chi connectivity index (χ0n) is 10.5. The van der Waals surface area contributed by atoms with Crippen molar-refractivity contribution < 1.29 is 13.2 Å². The molecule has 2 rings (SSSR count). The lowest BCUT2D eigenvalue weighted by molar-refractivity contribution is 0.340. The molecule has 19 heavy (non-hydrogen) atoms. The fourth-order valence-corrected chi connectivity index (χ4v) is 4.36. The summed E-state index contributed by atoms with van der Waals surface area (Å²) in [6.45, 7) is 3.32.